The van der Waals surface area contributed by atoms with E-state index in [2.05, 4.69) is 31.9 Å². The molecule has 6 nitrogen and oxygen atoms in total. The summed E-state index contributed by atoms with van der Waals surface area (Å²) < 4.78 is 47.4. The standard InChI is InChI=1S/C26H29Br2NO5S/c1-18(26(34-4)24-14-9-21(27)15-25(24)28)35(30,31)29(16-19-5-10-22(32-2)11-6-19)17-20-7-12-23(33-3)13-8-20/h5-15,18,26H,16-17H2,1-4H3/t18-,26-/m0/s1. The van der Waals surface area contributed by atoms with Crippen LogP contribution in [0.15, 0.2) is 75.7 Å². The maximum absolute atomic E-state index is 14.0. The molecule has 0 saturated carbocycles. The average molecular weight is 627 g/mol. The number of ether oxygens (including phenoxy) is 3. The van der Waals surface area contributed by atoms with Crippen molar-refractivity contribution in [2.45, 2.75) is 31.4 Å². The minimum atomic E-state index is -3.80. The topological polar surface area (TPSA) is 65.1 Å². The quantitative estimate of drug-likeness (QED) is 0.249. The number of halogens is 2. The molecule has 0 aromatic heterocycles. The van der Waals surface area contributed by atoms with Gasteiger partial charge < -0.3 is 14.2 Å². The molecule has 0 spiro atoms. The molecule has 3 rings (SSSR count). The third kappa shape index (κ3) is 6.86. The van der Waals surface area contributed by atoms with E-state index in [9.17, 15) is 8.42 Å². The Bertz CT molecular complexity index is 1170. The zero-order valence-corrected chi connectivity index (χ0v) is 24.1. The zero-order chi connectivity index (χ0) is 25.6. The van der Waals surface area contributed by atoms with Crippen LogP contribution >= 0.6 is 31.9 Å². The van der Waals surface area contributed by atoms with Crippen LogP contribution in [0.5, 0.6) is 11.5 Å². The van der Waals surface area contributed by atoms with E-state index in [0.29, 0.717) is 11.5 Å². The Morgan fingerprint density at radius 1 is 0.800 bits per heavy atom. The van der Waals surface area contributed by atoms with Crippen LogP contribution in [0.2, 0.25) is 0 Å². The van der Waals surface area contributed by atoms with Crippen molar-refractivity contribution in [1.29, 1.82) is 0 Å². The molecule has 3 aromatic carbocycles. The Kier molecular flexibility index (Phi) is 9.77. The SMILES string of the molecule is COc1ccc(CN(Cc2ccc(OC)cc2)S(=O)(=O)[C@@H](C)[C@H](OC)c2ccc(Br)cc2Br)cc1. The Morgan fingerprint density at radius 2 is 1.29 bits per heavy atom. The zero-order valence-electron chi connectivity index (χ0n) is 20.1. The second-order valence-electron chi connectivity index (χ2n) is 8.04. The molecule has 9 heteroatoms. The lowest BCUT2D eigenvalue weighted by molar-refractivity contribution is 0.0998. The maximum Gasteiger partial charge on any atom is 0.220 e. The van der Waals surface area contributed by atoms with Gasteiger partial charge in [-0.15, -0.1) is 0 Å². The van der Waals surface area contributed by atoms with Crippen LogP contribution in [0, 0.1) is 0 Å². The molecule has 0 bridgehead atoms. The summed E-state index contributed by atoms with van der Waals surface area (Å²) in [5, 5.41) is -0.846. The van der Waals surface area contributed by atoms with Crippen molar-refractivity contribution in [3.63, 3.8) is 0 Å². The van der Waals surface area contributed by atoms with Crippen LogP contribution in [0.1, 0.15) is 29.7 Å². The first kappa shape index (κ1) is 27.7. The van der Waals surface area contributed by atoms with Crippen LogP contribution < -0.4 is 9.47 Å². The van der Waals surface area contributed by atoms with Gasteiger partial charge >= 0.3 is 0 Å². The second-order valence-corrected chi connectivity index (χ2v) is 12.1. The summed E-state index contributed by atoms with van der Waals surface area (Å²) in [6, 6.07) is 20.4. The number of benzene rings is 3. The van der Waals surface area contributed by atoms with Crippen LogP contribution in [-0.2, 0) is 27.8 Å². The van der Waals surface area contributed by atoms with Gasteiger partial charge in [0.05, 0.1) is 14.2 Å². The van der Waals surface area contributed by atoms with E-state index in [0.717, 1.165) is 25.6 Å². The Morgan fingerprint density at radius 3 is 1.69 bits per heavy atom. The van der Waals surface area contributed by atoms with Crippen molar-refractivity contribution < 1.29 is 22.6 Å². The highest BCUT2D eigenvalue weighted by Gasteiger charge is 2.36. The Labute approximate surface area is 224 Å². The van der Waals surface area contributed by atoms with Gasteiger partial charge in [-0.05, 0) is 60.0 Å². The van der Waals surface area contributed by atoms with Gasteiger partial charge in [0.15, 0.2) is 0 Å². The lowest BCUT2D eigenvalue weighted by atomic mass is 10.1. The first-order chi connectivity index (χ1) is 16.7. The van der Waals surface area contributed by atoms with E-state index in [1.165, 1.54) is 11.4 Å². The normalized spacial score (nSPS) is 13.5. The highest BCUT2D eigenvalue weighted by Crippen LogP contribution is 2.35. The second kappa shape index (κ2) is 12.4. The predicted octanol–water partition coefficient (Wildman–Crippen LogP) is 6.34. The summed E-state index contributed by atoms with van der Waals surface area (Å²) in [5.41, 5.74) is 2.48. The van der Waals surface area contributed by atoms with Crippen molar-refractivity contribution in [2.75, 3.05) is 21.3 Å². The third-order valence-corrected chi connectivity index (χ3v) is 9.16. The van der Waals surface area contributed by atoms with Gasteiger partial charge in [0.25, 0.3) is 0 Å². The summed E-state index contributed by atoms with van der Waals surface area (Å²) in [4.78, 5) is 0. The number of hydrogen-bond acceptors (Lipinski definition) is 5. The van der Waals surface area contributed by atoms with E-state index in [1.54, 1.807) is 21.1 Å². The molecule has 0 aliphatic heterocycles. The van der Waals surface area contributed by atoms with Gasteiger partial charge in [0, 0.05) is 29.1 Å². The largest absolute Gasteiger partial charge is 0.497 e. The molecule has 35 heavy (non-hydrogen) atoms. The van der Waals surface area contributed by atoms with E-state index >= 15 is 0 Å². The lowest BCUT2D eigenvalue weighted by Gasteiger charge is -2.30. The van der Waals surface area contributed by atoms with Gasteiger partial charge in [-0.3, -0.25) is 0 Å². The van der Waals surface area contributed by atoms with Crippen molar-refractivity contribution in [3.8, 4) is 11.5 Å². The van der Waals surface area contributed by atoms with Gasteiger partial charge in [0.1, 0.15) is 22.9 Å². The number of rotatable bonds is 11. The molecule has 0 unspecified atom stereocenters. The predicted molar refractivity (Wildman–Crippen MR) is 145 cm³/mol. The smallest absolute Gasteiger partial charge is 0.220 e. The molecular weight excluding hydrogens is 598 g/mol. The summed E-state index contributed by atoms with van der Waals surface area (Å²) >= 11 is 7.00. The van der Waals surface area contributed by atoms with Gasteiger partial charge in [-0.2, -0.15) is 4.31 Å². The van der Waals surface area contributed by atoms with Crippen molar-refractivity contribution in [1.82, 2.24) is 4.31 Å². The highest BCUT2D eigenvalue weighted by atomic mass is 79.9. The van der Waals surface area contributed by atoms with Crippen LogP contribution in [0.3, 0.4) is 0 Å². The lowest BCUT2D eigenvalue weighted by Crippen LogP contribution is -2.40. The fourth-order valence-electron chi connectivity index (χ4n) is 3.80. The molecule has 0 saturated heterocycles. The third-order valence-electron chi connectivity index (χ3n) is 5.81. The van der Waals surface area contributed by atoms with Crippen LogP contribution in [0.4, 0.5) is 0 Å². The number of sulfonamides is 1. The molecule has 0 aliphatic carbocycles. The highest BCUT2D eigenvalue weighted by molar-refractivity contribution is 9.11. The fraction of sp³-hybridized carbons (Fsp3) is 0.308. The number of methoxy groups -OCH3 is 3. The molecule has 0 fully saturated rings. The monoisotopic (exact) mass is 625 g/mol. The summed E-state index contributed by atoms with van der Waals surface area (Å²) in [7, 11) is 0.927. The van der Waals surface area contributed by atoms with Gasteiger partial charge in [0.2, 0.25) is 10.0 Å². The number of hydrogen-bond donors (Lipinski definition) is 0. The van der Waals surface area contributed by atoms with Crippen molar-refractivity contribution in [2.24, 2.45) is 0 Å². The van der Waals surface area contributed by atoms with Gasteiger partial charge in [-0.25, -0.2) is 8.42 Å². The molecule has 0 radical (unpaired) electrons. The molecule has 188 valence electrons. The van der Waals surface area contributed by atoms with Crippen molar-refractivity contribution in [3.05, 3.63) is 92.4 Å². The molecule has 0 N–H and O–H groups in total. The molecule has 0 aliphatic rings. The molecular formula is C26H29Br2NO5S. The summed E-state index contributed by atoms with van der Waals surface area (Å²) in [6.07, 6.45) is -0.670. The fourth-order valence-corrected chi connectivity index (χ4v) is 6.77. The van der Waals surface area contributed by atoms with E-state index in [4.69, 9.17) is 14.2 Å². The number of nitrogens with zero attached hydrogens (tertiary/aromatic N) is 1. The minimum Gasteiger partial charge on any atom is -0.497 e. The first-order valence-electron chi connectivity index (χ1n) is 10.9. The first-order valence-corrected chi connectivity index (χ1v) is 14.0. The maximum atomic E-state index is 14.0. The van der Waals surface area contributed by atoms with Crippen LogP contribution in [0.25, 0.3) is 0 Å². The molecule has 0 amide bonds. The van der Waals surface area contributed by atoms with E-state index < -0.39 is 21.4 Å². The van der Waals surface area contributed by atoms with Crippen LogP contribution in [-0.4, -0.2) is 39.3 Å². The molecule has 0 heterocycles. The van der Waals surface area contributed by atoms with Crippen molar-refractivity contribution >= 4 is 41.9 Å². The van der Waals surface area contributed by atoms with E-state index in [1.807, 2.05) is 66.7 Å². The summed E-state index contributed by atoms with van der Waals surface area (Å²) in [5.74, 6) is 1.43. The Hall–Kier alpha value is -1.91. The average Bonchev–Trinajstić information content (AvgIpc) is 2.86. The molecule has 2 atom stereocenters. The van der Waals surface area contributed by atoms with E-state index in [-0.39, 0.29) is 13.1 Å². The minimum absolute atomic E-state index is 0.209. The Balaban J connectivity index is 1.97. The summed E-state index contributed by atoms with van der Waals surface area (Å²) in [6.45, 7) is 2.11. The molecule has 3 aromatic rings. The van der Waals surface area contributed by atoms with Gasteiger partial charge in [-0.1, -0.05) is 62.2 Å².